The van der Waals surface area contributed by atoms with Crippen LogP contribution < -0.4 is 11.1 Å². The molecule has 0 spiro atoms. The van der Waals surface area contributed by atoms with E-state index in [0.29, 0.717) is 51.4 Å². The summed E-state index contributed by atoms with van der Waals surface area (Å²) in [4.78, 5) is 15.7. The van der Waals surface area contributed by atoms with Crippen LogP contribution in [0.2, 0.25) is 0 Å². The highest BCUT2D eigenvalue weighted by molar-refractivity contribution is 7.90. The zero-order chi connectivity index (χ0) is 22.1. The van der Waals surface area contributed by atoms with E-state index in [-0.39, 0.29) is 23.6 Å². The molecule has 0 unspecified atom stereocenters. The molecule has 2 aliphatic rings. The summed E-state index contributed by atoms with van der Waals surface area (Å²) >= 11 is 0. The predicted molar refractivity (Wildman–Crippen MR) is 106 cm³/mol. The van der Waals surface area contributed by atoms with E-state index in [9.17, 15) is 22.0 Å². The minimum absolute atomic E-state index is 0.0287. The lowest BCUT2D eigenvalue weighted by molar-refractivity contribution is -0.137. The fraction of sp³-hybridized carbons (Fsp3) is 0.556. The van der Waals surface area contributed by atoms with Gasteiger partial charge in [-0.15, -0.1) is 0 Å². The third-order valence-electron chi connectivity index (χ3n) is 5.56. The fourth-order valence-electron chi connectivity index (χ4n) is 3.98. The van der Waals surface area contributed by atoms with E-state index in [0.717, 1.165) is 12.3 Å². The van der Waals surface area contributed by atoms with Gasteiger partial charge in [-0.05, 0) is 31.7 Å². The number of piperidine rings is 2. The normalized spacial score (nSPS) is 21.8. The van der Waals surface area contributed by atoms with Gasteiger partial charge in [0.1, 0.15) is 22.6 Å². The number of benzene rings is 1. The number of hydrogen-bond acceptors (Lipinski definition) is 6. The molecular formula is C18H25F2N5O4S. The van der Waals surface area contributed by atoms with Crippen LogP contribution in [0.3, 0.4) is 0 Å². The van der Waals surface area contributed by atoms with Gasteiger partial charge < -0.3 is 26.1 Å². The van der Waals surface area contributed by atoms with Gasteiger partial charge in [-0.25, -0.2) is 17.2 Å². The highest BCUT2D eigenvalue weighted by Crippen LogP contribution is 2.27. The fourth-order valence-corrected chi connectivity index (χ4v) is 4.71. The first-order valence-corrected chi connectivity index (χ1v) is 11.5. The molecule has 0 aromatic heterocycles. The molecule has 0 radical (unpaired) electrons. The molecule has 1 aromatic carbocycles. The number of amides is 1. The Labute approximate surface area is 173 Å². The van der Waals surface area contributed by atoms with Crippen molar-refractivity contribution in [2.75, 3.05) is 31.2 Å². The SMILES string of the molecule is CS(=O)(=O)c1cc(F)c(N[C@H]2CCCN(C3CCN(C(N)=NO)CC3)C2=O)cc1F. The van der Waals surface area contributed by atoms with Crippen LogP contribution in [0, 0.1) is 11.6 Å². The molecule has 0 aliphatic carbocycles. The molecule has 12 heteroatoms. The minimum Gasteiger partial charge on any atom is -0.408 e. The van der Waals surface area contributed by atoms with E-state index in [1.807, 2.05) is 0 Å². The molecule has 1 aromatic rings. The Morgan fingerprint density at radius 2 is 1.87 bits per heavy atom. The van der Waals surface area contributed by atoms with E-state index in [1.165, 1.54) is 0 Å². The molecule has 2 aliphatic heterocycles. The highest BCUT2D eigenvalue weighted by atomic mass is 32.2. The Bertz CT molecular complexity index is 948. The summed E-state index contributed by atoms with van der Waals surface area (Å²) in [6.07, 6.45) is 3.22. The molecule has 0 bridgehead atoms. The molecule has 1 amide bonds. The number of nitrogens with one attached hydrogen (secondary N) is 1. The average molecular weight is 445 g/mol. The number of likely N-dealkylation sites (tertiary alicyclic amines) is 2. The van der Waals surface area contributed by atoms with Crippen LogP contribution >= 0.6 is 0 Å². The summed E-state index contributed by atoms with van der Waals surface area (Å²) < 4.78 is 51.6. The second-order valence-corrected chi connectivity index (χ2v) is 9.57. The number of oxime groups is 1. The molecule has 9 nitrogen and oxygen atoms in total. The second-order valence-electron chi connectivity index (χ2n) is 7.58. The molecule has 1 atom stereocenters. The smallest absolute Gasteiger partial charge is 0.245 e. The van der Waals surface area contributed by atoms with Crippen LogP contribution in [0.4, 0.5) is 14.5 Å². The number of hydrogen-bond donors (Lipinski definition) is 3. The number of rotatable bonds is 4. The van der Waals surface area contributed by atoms with Crippen LogP contribution in [0.1, 0.15) is 25.7 Å². The maximum absolute atomic E-state index is 14.4. The largest absolute Gasteiger partial charge is 0.408 e. The van der Waals surface area contributed by atoms with Gasteiger partial charge in [-0.2, -0.15) is 0 Å². The lowest BCUT2D eigenvalue weighted by atomic mass is 9.97. The van der Waals surface area contributed by atoms with Crippen molar-refractivity contribution in [2.45, 2.75) is 42.7 Å². The third kappa shape index (κ3) is 4.58. The standard InChI is InChI=1S/C18H25F2N5O4S/c1-30(28,29)16-10-12(19)15(9-13(16)20)22-14-3-2-6-25(17(14)26)11-4-7-24(8-5-11)18(21)23-27/h9-11,14,22,27H,2-8H2,1H3,(H2,21,23)/t14-/m0/s1. The average Bonchev–Trinajstić information content (AvgIpc) is 2.70. The van der Waals surface area contributed by atoms with Gasteiger partial charge in [0.2, 0.25) is 11.9 Å². The molecular weight excluding hydrogens is 420 g/mol. The molecule has 166 valence electrons. The van der Waals surface area contributed by atoms with E-state index in [4.69, 9.17) is 10.9 Å². The molecule has 4 N–H and O–H groups in total. The van der Waals surface area contributed by atoms with Gasteiger partial charge in [0.15, 0.2) is 9.84 Å². The number of nitrogens with two attached hydrogens (primary N) is 1. The van der Waals surface area contributed by atoms with Gasteiger partial charge in [0.05, 0.1) is 5.69 Å². The first kappa shape index (κ1) is 22.1. The summed E-state index contributed by atoms with van der Waals surface area (Å²) in [6.45, 7) is 1.64. The van der Waals surface area contributed by atoms with Gasteiger partial charge in [-0.3, -0.25) is 4.79 Å². The van der Waals surface area contributed by atoms with E-state index < -0.39 is 32.4 Å². The maximum Gasteiger partial charge on any atom is 0.245 e. The number of guanidine groups is 1. The number of carbonyl (C=O) groups excluding carboxylic acids is 1. The van der Waals surface area contributed by atoms with Crippen molar-refractivity contribution in [1.29, 1.82) is 0 Å². The van der Waals surface area contributed by atoms with Crippen molar-refractivity contribution >= 4 is 27.4 Å². The Hall–Kier alpha value is -2.63. The highest BCUT2D eigenvalue weighted by Gasteiger charge is 2.35. The maximum atomic E-state index is 14.4. The Kier molecular flexibility index (Phi) is 6.34. The van der Waals surface area contributed by atoms with Crippen molar-refractivity contribution in [2.24, 2.45) is 10.9 Å². The predicted octanol–water partition coefficient (Wildman–Crippen LogP) is 0.940. The van der Waals surface area contributed by atoms with Crippen LogP contribution in [0.25, 0.3) is 0 Å². The van der Waals surface area contributed by atoms with E-state index in [1.54, 1.807) is 9.80 Å². The van der Waals surface area contributed by atoms with E-state index >= 15 is 0 Å². The van der Waals surface area contributed by atoms with Crippen molar-refractivity contribution < 1.29 is 27.2 Å². The lowest BCUT2D eigenvalue weighted by Gasteiger charge is -2.42. The summed E-state index contributed by atoms with van der Waals surface area (Å²) in [5.74, 6) is -2.19. The molecule has 30 heavy (non-hydrogen) atoms. The summed E-state index contributed by atoms with van der Waals surface area (Å²) in [5, 5.41) is 14.5. The van der Waals surface area contributed by atoms with E-state index in [2.05, 4.69) is 10.5 Å². The van der Waals surface area contributed by atoms with Crippen LogP contribution in [0.15, 0.2) is 22.2 Å². The van der Waals surface area contributed by atoms with Crippen LogP contribution in [-0.4, -0.2) is 73.3 Å². The topological polar surface area (TPSA) is 128 Å². The molecule has 2 heterocycles. The van der Waals surface area contributed by atoms with Crippen molar-refractivity contribution in [3.8, 4) is 0 Å². The second kappa shape index (κ2) is 8.62. The number of halogens is 2. The summed E-state index contributed by atoms with van der Waals surface area (Å²) in [7, 11) is -3.91. The van der Waals surface area contributed by atoms with Crippen molar-refractivity contribution in [3.63, 3.8) is 0 Å². The first-order valence-electron chi connectivity index (χ1n) is 9.60. The number of sulfone groups is 1. The molecule has 2 fully saturated rings. The third-order valence-corrected chi connectivity index (χ3v) is 6.67. The number of anilines is 1. The monoisotopic (exact) mass is 445 g/mol. The van der Waals surface area contributed by atoms with Crippen LogP contribution in [-0.2, 0) is 14.6 Å². The molecule has 0 saturated carbocycles. The van der Waals surface area contributed by atoms with Gasteiger partial charge >= 0.3 is 0 Å². The molecule has 3 rings (SSSR count). The quantitative estimate of drug-likeness (QED) is 0.272. The van der Waals surface area contributed by atoms with Gasteiger partial charge in [0, 0.05) is 38.0 Å². The zero-order valence-electron chi connectivity index (χ0n) is 16.5. The first-order chi connectivity index (χ1) is 14.1. The summed E-state index contributed by atoms with van der Waals surface area (Å²) in [6, 6.07) is 0.631. The van der Waals surface area contributed by atoms with Crippen molar-refractivity contribution in [3.05, 3.63) is 23.8 Å². The van der Waals surface area contributed by atoms with Crippen molar-refractivity contribution in [1.82, 2.24) is 9.80 Å². The molecule has 2 saturated heterocycles. The number of carbonyl (C=O) groups is 1. The number of nitrogens with zero attached hydrogens (tertiary/aromatic N) is 3. The van der Waals surface area contributed by atoms with Gasteiger partial charge in [0.25, 0.3) is 0 Å². The Morgan fingerprint density at radius 3 is 2.47 bits per heavy atom. The lowest BCUT2D eigenvalue weighted by Crippen LogP contribution is -2.55. The van der Waals surface area contributed by atoms with Crippen LogP contribution in [0.5, 0.6) is 0 Å². The zero-order valence-corrected chi connectivity index (χ0v) is 17.3. The Morgan fingerprint density at radius 1 is 1.20 bits per heavy atom. The Balaban J connectivity index is 1.70. The summed E-state index contributed by atoms with van der Waals surface area (Å²) in [5.41, 5.74) is 5.35. The minimum atomic E-state index is -3.91. The van der Waals surface area contributed by atoms with Gasteiger partial charge in [-0.1, -0.05) is 5.16 Å².